The minimum Gasteiger partial charge on any atom is -0.494 e. The van der Waals surface area contributed by atoms with Gasteiger partial charge in [-0.05, 0) is 62.9 Å². The summed E-state index contributed by atoms with van der Waals surface area (Å²) in [7, 11) is 0. The van der Waals surface area contributed by atoms with E-state index in [1.807, 2.05) is 35.7 Å². The van der Waals surface area contributed by atoms with E-state index in [1.165, 1.54) is 16.7 Å². The van der Waals surface area contributed by atoms with E-state index in [2.05, 4.69) is 36.5 Å². The number of nitrogens with zero attached hydrogens (tertiary/aromatic N) is 4. The Kier molecular flexibility index (Phi) is 4.83. The predicted octanol–water partition coefficient (Wildman–Crippen LogP) is 4.65. The predicted molar refractivity (Wildman–Crippen MR) is 118 cm³/mol. The molecule has 0 spiro atoms. The van der Waals surface area contributed by atoms with Crippen LogP contribution in [0.15, 0.2) is 48.5 Å². The highest BCUT2D eigenvalue weighted by Gasteiger charge is 2.22. The van der Waals surface area contributed by atoms with Crippen LogP contribution in [0.1, 0.15) is 41.6 Å². The van der Waals surface area contributed by atoms with Crippen LogP contribution in [0.25, 0.3) is 5.78 Å². The van der Waals surface area contributed by atoms with E-state index in [0.29, 0.717) is 18.8 Å². The molecule has 6 nitrogen and oxygen atoms in total. The smallest absolute Gasteiger partial charge is 0.254 e. The lowest BCUT2D eigenvalue weighted by molar-refractivity contribution is 0.340. The molecule has 6 heteroatoms. The van der Waals surface area contributed by atoms with Crippen molar-refractivity contribution in [3.63, 3.8) is 0 Å². The fourth-order valence-corrected chi connectivity index (χ4v) is 3.95. The van der Waals surface area contributed by atoms with Crippen LogP contribution in [0.4, 0.5) is 11.5 Å². The lowest BCUT2D eigenvalue weighted by Crippen LogP contribution is -2.07. The first kappa shape index (κ1) is 18.6. The van der Waals surface area contributed by atoms with E-state index in [4.69, 9.17) is 19.8 Å². The van der Waals surface area contributed by atoms with E-state index in [1.54, 1.807) is 0 Å². The van der Waals surface area contributed by atoms with Crippen molar-refractivity contribution in [3.05, 3.63) is 76.7 Å². The maximum absolute atomic E-state index is 5.56. The van der Waals surface area contributed by atoms with Crippen molar-refractivity contribution in [2.24, 2.45) is 0 Å². The van der Waals surface area contributed by atoms with E-state index in [0.717, 1.165) is 48.0 Å². The minimum absolute atomic E-state index is 0.659. The number of rotatable bonds is 6. The SMILES string of the molecule is CCOc1ccc(Nc2c3c(nc4nc(Cc5ccc(C)cc5)nn24)CCC3)cc1. The largest absolute Gasteiger partial charge is 0.494 e. The molecule has 1 aliphatic rings. The van der Waals surface area contributed by atoms with Crippen LogP contribution in [0.3, 0.4) is 0 Å². The first-order valence-electron chi connectivity index (χ1n) is 10.5. The third kappa shape index (κ3) is 3.61. The quantitative estimate of drug-likeness (QED) is 0.511. The zero-order chi connectivity index (χ0) is 20.5. The zero-order valence-corrected chi connectivity index (χ0v) is 17.4. The number of anilines is 2. The Hall–Kier alpha value is -3.41. The van der Waals surface area contributed by atoms with Crippen LogP contribution in [-0.4, -0.2) is 26.2 Å². The van der Waals surface area contributed by atoms with Crippen LogP contribution in [-0.2, 0) is 19.3 Å². The van der Waals surface area contributed by atoms with Crippen molar-refractivity contribution in [2.75, 3.05) is 11.9 Å². The summed E-state index contributed by atoms with van der Waals surface area (Å²) in [5, 5.41) is 8.37. The number of aryl methyl sites for hydroxylation is 2. The van der Waals surface area contributed by atoms with Gasteiger partial charge >= 0.3 is 0 Å². The van der Waals surface area contributed by atoms with Gasteiger partial charge in [0, 0.05) is 17.7 Å². The van der Waals surface area contributed by atoms with Crippen molar-refractivity contribution in [1.29, 1.82) is 0 Å². The molecule has 2 aromatic heterocycles. The first-order valence-corrected chi connectivity index (χ1v) is 10.5. The lowest BCUT2D eigenvalue weighted by Gasteiger charge is -2.13. The molecule has 0 fully saturated rings. The van der Waals surface area contributed by atoms with Gasteiger partial charge < -0.3 is 10.1 Å². The molecular weight excluding hydrogens is 374 g/mol. The van der Waals surface area contributed by atoms with Gasteiger partial charge in [-0.15, -0.1) is 5.10 Å². The van der Waals surface area contributed by atoms with E-state index >= 15 is 0 Å². The van der Waals surface area contributed by atoms with Crippen LogP contribution in [0.2, 0.25) is 0 Å². The van der Waals surface area contributed by atoms with Crippen LogP contribution >= 0.6 is 0 Å². The van der Waals surface area contributed by atoms with E-state index in [9.17, 15) is 0 Å². The Bertz CT molecular complexity index is 1180. The zero-order valence-electron chi connectivity index (χ0n) is 17.4. The molecule has 30 heavy (non-hydrogen) atoms. The highest BCUT2D eigenvalue weighted by molar-refractivity contribution is 5.64. The molecule has 0 radical (unpaired) electrons. The van der Waals surface area contributed by atoms with Gasteiger partial charge in [-0.3, -0.25) is 0 Å². The summed E-state index contributed by atoms with van der Waals surface area (Å²) in [4.78, 5) is 9.53. The molecule has 0 amide bonds. The van der Waals surface area contributed by atoms with Crippen LogP contribution < -0.4 is 10.1 Å². The van der Waals surface area contributed by atoms with Crippen molar-refractivity contribution in [2.45, 2.75) is 39.5 Å². The van der Waals surface area contributed by atoms with Crippen molar-refractivity contribution in [1.82, 2.24) is 19.6 Å². The number of hydrogen-bond donors (Lipinski definition) is 1. The Balaban J connectivity index is 1.51. The molecule has 0 bridgehead atoms. The van der Waals surface area contributed by atoms with Gasteiger partial charge in [0.15, 0.2) is 5.82 Å². The Morgan fingerprint density at radius 1 is 1.00 bits per heavy atom. The Labute approximate surface area is 176 Å². The van der Waals surface area contributed by atoms with E-state index < -0.39 is 0 Å². The van der Waals surface area contributed by atoms with Gasteiger partial charge in [-0.2, -0.15) is 9.50 Å². The van der Waals surface area contributed by atoms with Gasteiger partial charge in [0.2, 0.25) is 0 Å². The molecule has 5 rings (SSSR count). The third-order valence-electron chi connectivity index (χ3n) is 5.47. The summed E-state index contributed by atoms with van der Waals surface area (Å²) in [6.45, 7) is 4.74. The van der Waals surface area contributed by atoms with Gasteiger partial charge in [-0.25, -0.2) is 4.98 Å². The normalized spacial score (nSPS) is 12.9. The number of hydrogen-bond acceptors (Lipinski definition) is 5. The number of fused-ring (bicyclic) bond motifs is 2. The van der Waals surface area contributed by atoms with Gasteiger partial charge in [0.25, 0.3) is 5.78 Å². The van der Waals surface area contributed by atoms with Crippen LogP contribution in [0, 0.1) is 6.92 Å². The topological polar surface area (TPSA) is 64.3 Å². The minimum atomic E-state index is 0.659. The summed E-state index contributed by atoms with van der Waals surface area (Å²) < 4.78 is 7.42. The second-order valence-electron chi connectivity index (χ2n) is 7.72. The fraction of sp³-hybridized carbons (Fsp3) is 0.292. The van der Waals surface area contributed by atoms with Crippen molar-refractivity contribution in [3.8, 4) is 5.75 Å². The van der Waals surface area contributed by atoms with Gasteiger partial charge in [0.1, 0.15) is 11.6 Å². The number of ether oxygens (including phenoxy) is 1. The molecule has 152 valence electrons. The molecule has 0 atom stereocenters. The molecule has 1 aliphatic carbocycles. The summed E-state index contributed by atoms with van der Waals surface area (Å²) in [6.07, 6.45) is 3.80. The Morgan fingerprint density at radius 3 is 2.57 bits per heavy atom. The maximum Gasteiger partial charge on any atom is 0.254 e. The second kappa shape index (κ2) is 7.78. The van der Waals surface area contributed by atoms with E-state index in [-0.39, 0.29) is 0 Å². The number of nitrogens with one attached hydrogen (secondary N) is 1. The third-order valence-corrected chi connectivity index (χ3v) is 5.47. The summed E-state index contributed by atoms with van der Waals surface area (Å²) in [6, 6.07) is 16.5. The highest BCUT2D eigenvalue weighted by Crippen LogP contribution is 2.31. The van der Waals surface area contributed by atoms with Crippen LogP contribution in [0.5, 0.6) is 5.75 Å². The molecule has 0 aliphatic heterocycles. The summed E-state index contributed by atoms with van der Waals surface area (Å²) in [5.41, 5.74) is 5.82. The molecule has 2 aromatic carbocycles. The Morgan fingerprint density at radius 2 is 1.80 bits per heavy atom. The standard InChI is InChI=1S/C24H25N5O/c1-3-30-19-13-11-18(12-14-19)25-23-20-5-4-6-21(20)26-24-27-22(28-29(23)24)15-17-9-7-16(2)8-10-17/h7-14,25H,3-6,15H2,1-2H3. The average molecular weight is 399 g/mol. The molecule has 2 heterocycles. The number of aromatic nitrogens is 4. The van der Waals surface area contributed by atoms with Gasteiger partial charge in [0.05, 0.1) is 12.3 Å². The molecule has 0 saturated carbocycles. The van der Waals surface area contributed by atoms with Gasteiger partial charge in [-0.1, -0.05) is 29.8 Å². The monoisotopic (exact) mass is 399 g/mol. The second-order valence-corrected chi connectivity index (χ2v) is 7.72. The first-order chi connectivity index (χ1) is 14.7. The summed E-state index contributed by atoms with van der Waals surface area (Å²) >= 11 is 0. The average Bonchev–Trinajstić information content (AvgIpc) is 3.37. The maximum atomic E-state index is 5.56. The van der Waals surface area contributed by atoms with Crippen molar-refractivity contribution >= 4 is 17.3 Å². The highest BCUT2D eigenvalue weighted by atomic mass is 16.5. The molecule has 0 saturated heterocycles. The molecule has 1 N–H and O–H groups in total. The fourth-order valence-electron chi connectivity index (χ4n) is 3.95. The number of benzene rings is 2. The molecule has 0 unspecified atom stereocenters. The van der Waals surface area contributed by atoms with Crippen molar-refractivity contribution < 1.29 is 4.74 Å². The lowest BCUT2D eigenvalue weighted by atomic mass is 10.1. The summed E-state index contributed by atoms with van der Waals surface area (Å²) in [5.74, 6) is 3.28. The molecular formula is C24H25N5O. The molecule has 4 aromatic rings.